The SMILES string of the molecule is COc1ccc(C)cc1-n1ccnc(SCC(=O)c2ccc(C)cc2)c1=O. The standard InChI is InChI=1S/C21H20N2O3S/c1-14-4-7-16(8-5-14)18(24)13-27-20-21(25)23(11-10-22-20)17-12-15(2)6-9-19(17)26-3/h4-12H,13H2,1-3H3. The minimum Gasteiger partial charge on any atom is -0.495 e. The summed E-state index contributed by atoms with van der Waals surface area (Å²) in [4.78, 5) is 29.4. The van der Waals surface area contributed by atoms with Gasteiger partial charge in [-0.25, -0.2) is 4.98 Å². The monoisotopic (exact) mass is 380 g/mol. The van der Waals surface area contributed by atoms with Crippen LogP contribution in [0.3, 0.4) is 0 Å². The molecule has 0 spiro atoms. The number of carbonyl (C=O) groups excluding carboxylic acids is 1. The summed E-state index contributed by atoms with van der Waals surface area (Å²) in [6.45, 7) is 3.92. The first kappa shape index (κ1) is 18.9. The molecule has 0 fully saturated rings. The number of ketones is 1. The highest BCUT2D eigenvalue weighted by Crippen LogP contribution is 2.23. The molecule has 3 rings (SSSR count). The Labute approximate surface area is 162 Å². The number of nitrogens with zero attached hydrogens (tertiary/aromatic N) is 2. The van der Waals surface area contributed by atoms with Crippen LogP contribution in [0.2, 0.25) is 0 Å². The van der Waals surface area contributed by atoms with E-state index in [2.05, 4.69) is 4.98 Å². The van der Waals surface area contributed by atoms with Crippen molar-refractivity contribution in [3.63, 3.8) is 0 Å². The molecule has 5 nitrogen and oxygen atoms in total. The van der Waals surface area contributed by atoms with E-state index in [1.807, 2.05) is 44.2 Å². The van der Waals surface area contributed by atoms with Crippen molar-refractivity contribution in [1.82, 2.24) is 9.55 Å². The summed E-state index contributed by atoms with van der Waals surface area (Å²) < 4.78 is 6.87. The zero-order chi connectivity index (χ0) is 19.4. The lowest BCUT2D eigenvalue weighted by molar-refractivity contribution is 0.102. The number of thioether (sulfide) groups is 1. The van der Waals surface area contributed by atoms with Crippen LogP contribution in [0.5, 0.6) is 5.75 Å². The zero-order valence-corrected chi connectivity index (χ0v) is 16.2. The lowest BCUT2D eigenvalue weighted by atomic mass is 10.1. The third-order valence-electron chi connectivity index (χ3n) is 4.12. The summed E-state index contributed by atoms with van der Waals surface area (Å²) in [7, 11) is 1.57. The predicted octanol–water partition coefficient (Wildman–Crippen LogP) is 3.83. The van der Waals surface area contributed by atoms with Gasteiger partial charge in [-0.1, -0.05) is 47.7 Å². The van der Waals surface area contributed by atoms with E-state index < -0.39 is 0 Å². The maximum atomic E-state index is 12.9. The van der Waals surface area contributed by atoms with Gasteiger partial charge in [0, 0.05) is 18.0 Å². The predicted molar refractivity (Wildman–Crippen MR) is 107 cm³/mol. The lowest BCUT2D eigenvalue weighted by Gasteiger charge is -2.12. The number of Topliss-reactive ketones (excluding diaryl/α,β-unsaturated/α-hetero) is 1. The van der Waals surface area contributed by atoms with E-state index in [9.17, 15) is 9.59 Å². The Bertz CT molecular complexity index is 1030. The largest absolute Gasteiger partial charge is 0.495 e. The normalized spacial score (nSPS) is 10.6. The van der Waals surface area contributed by atoms with Gasteiger partial charge >= 0.3 is 0 Å². The van der Waals surface area contributed by atoms with Gasteiger partial charge in [-0.3, -0.25) is 14.2 Å². The number of hydrogen-bond donors (Lipinski definition) is 0. The van der Waals surface area contributed by atoms with Crippen LogP contribution < -0.4 is 10.3 Å². The van der Waals surface area contributed by atoms with E-state index in [0.29, 0.717) is 17.0 Å². The molecule has 0 radical (unpaired) electrons. The average Bonchev–Trinajstić information content (AvgIpc) is 2.67. The molecule has 0 aliphatic rings. The van der Waals surface area contributed by atoms with E-state index >= 15 is 0 Å². The third-order valence-corrected chi connectivity index (χ3v) is 5.08. The Hall–Kier alpha value is -2.86. The molecule has 138 valence electrons. The topological polar surface area (TPSA) is 61.2 Å². The molecule has 3 aromatic rings. The van der Waals surface area contributed by atoms with Crippen LogP contribution in [0.25, 0.3) is 5.69 Å². The molecule has 6 heteroatoms. The van der Waals surface area contributed by atoms with Gasteiger partial charge in [0.1, 0.15) is 5.75 Å². The Kier molecular flexibility index (Phi) is 5.76. The fourth-order valence-corrected chi connectivity index (χ4v) is 3.42. The molecule has 1 heterocycles. The van der Waals surface area contributed by atoms with Crippen molar-refractivity contribution < 1.29 is 9.53 Å². The summed E-state index contributed by atoms with van der Waals surface area (Å²) in [5, 5.41) is 0.279. The number of hydrogen-bond acceptors (Lipinski definition) is 5. The van der Waals surface area contributed by atoms with Crippen molar-refractivity contribution in [2.75, 3.05) is 12.9 Å². The van der Waals surface area contributed by atoms with Gasteiger partial charge in [0.25, 0.3) is 5.56 Å². The van der Waals surface area contributed by atoms with Crippen LogP contribution in [-0.4, -0.2) is 28.2 Å². The van der Waals surface area contributed by atoms with E-state index in [0.717, 1.165) is 22.9 Å². The quantitative estimate of drug-likeness (QED) is 0.480. The molecule has 27 heavy (non-hydrogen) atoms. The lowest BCUT2D eigenvalue weighted by Crippen LogP contribution is -2.21. The second-order valence-electron chi connectivity index (χ2n) is 6.16. The first-order valence-corrected chi connectivity index (χ1v) is 9.43. The van der Waals surface area contributed by atoms with Crippen LogP contribution >= 0.6 is 11.8 Å². The van der Waals surface area contributed by atoms with Crippen molar-refractivity contribution in [2.45, 2.75) is 18.9 Å². The van der Waals surface area contributed by atoms with Crippen molar-refractivity contribution in [3.8, 4) is 11.4 Å². The minimum atomic E-state index is -0.275. The molecule has 0 atom stereocenters. The molecule has 0 amide bonds. The second-order valence-corrected chi connectivity index (χ2v) is 7.12. The zero-order valence-electron chi connectivity index (χ0n) is 15.4. The van der Waals surface area contributed by atoms with E-state index in [1.165, 1.54) is 4.57 Å². The number of ether oxygens (including phenoxy) is 1. The van der Waals surface area contributed by atoms with E-state index in [4.69, 9.17) is 4.74 Å². The number of methoxy groups -OCH3 is 1. The average molecular weight is 380 g/mol. The van der Waals surface area contributed by atoms with E-state index in [1.54, 1.807) is 31.6 Å². The molecule has 2 aromatic carbocycles. The van der Waals surface area contributed by atoms with Gasteiger partial charge in [0.05, 0.1) is 18.6 Å². The summed E-state index contributed by atoms with van der Waals surface area (Å²) in [6, 6.07) is 13.0. The summed E-state index contributed by atoms with van der Waals surface area (Å²) in [6.07, 6.45) is 3.16. The number of carbonyl (C=O) groups is 1. The summed E-state index contributed by atoms with van der Waals surface area (Å²) in [5.41, 5.74) is 3.11. The molecule has 1 aromatic heterocycles. The molecule has 0 aliphatic heterocycles. The molecule has 0 saturated heterocycles. The van der Waals surface area contributed by atoms with Crippen LogP contribution in [0.15, 0.2) is 64.7 Å². The van der Waals surface area contributed by atoms with Crippen LogP contribution in [-0.2, 0) is 0 Å². The maximum Gasteiger partial charge on any atom is 0.287 e. The van der Waals surface area contributed by atoms with Crippen molar-refractivity contribution in [2.24, 2.45) is 0 Å². The Balaban J connectivity index is 1.86. The first-order chi connectivity index (χ1) is 13.0. The highest BCUT2D eigenvalue weighted by molar-refractivity contribution is 7.99. The molecule has 0 N–H and O–H groups in total. The van der Waals surface area contributed by atoms with Crippen LogP contribution in [0.4, 0.5) is 0 Å². The fraction of sp³-hybridized carbons (Fsp3) is 0.190. The van der Waals surface area contributed by atoms with Crippen LogP contribution in [0.1, 0.15) is 21.5 Å². The molecular formula is C21H20N2O3S. The first-order valence-electron chi connectivity index (χ1n) is 8.45. The maximum absolute atomic E-state index is 12.9. The van der Waals surface area contributed by atoms with Gasteiger partial charge in [-0.15, -0.1) is 0 Å². The Morgan fingerprint density at radius 2 is 1.81 bits per heavy atom. The van der Waals surface area contributed by atoms with Crippen molar-refractivity contribution in [1.29, 1.82) is 0 Å². The number of aryl methyl sites for hydroxylation is 2. The molecule has 0 bridgehead atoms. The van der Waals surface area contributed by atoms with Gasteiger partial charge in [-0.2, -0.15) is 0 Å². The van der Waals surface area contributed by atoms with Gasteiger partial charge in [0.15, 0.2) is 10.8 Å². The summed E-state index contributed by atoms with van der Waals surface area (Å²) >= 11 is 1.15. The van der Waals surface area contributed by atoms with Gasteiger partial charge in [-0.05, 0) is 31.5 Å². The molecule has 0 aliphatic carbocycles. The van der Waals surface area contributed by atoms with Crippen molar-refractivity contribution in [3.05, 3.63) is 81.9 Å². The van der Waals surface area contributed by atoms with E-state index in [-0.39, 0.29) is 22.1 Å². The Morgan fingerprint density at radius 1 is 1.11 bits per heavy atom. The van der Waals surface area contributed by atoms with Crippen LogP contribution in [0, 0.1) is 13.8 Å². The molecule has 0 saturated carbocycles. The minimum absolute atomic E-state index is 0.0373. The van der Waals surface area contributed by atoms with Gasteiger partial charge < -0.3 is 4.74 Å². The number of benzene rings is 2. The molecule has 0 unspecified atom stereocenters. The Morgan fingerprint density at radius 3 is 2.52 bits per heavy atom. The van der Waals surface area contributed by atoms with Gasteiger partial charge in [0.2, 0.25) is 0 Å². The number of aromatic nitrogens is 2. The summed E-state index contributed by atoms with van der Waals surface area (Å²) in [5.74, 6) is 0.714. The second kappa shape index (κ2) is 8.22. The third kappa shape index (κ3) is 4.28. The van der Waals surface area contributed by atoms with Crippen molar-refractivity contribution >= 4 is 17.5 Å². The number of rotatable bonds is 6. The highest BCUT2D eigenvalue weighted by Gasteiger charge is 2.13. The smallest absolute Gasteiger partial charge is 0.287 e. The fourth-order valence-electron chi connectivity index (χ4n) is 2.63. The molecular weight excluding hydrogens is 360 g/mol. The highest BCUT2D eigenvalue weighted by atomic mass is 32.2.